The normalized spacial score (nSPS) is 9.55. The molecule has 0 unspecified atom stereocenters. The van der Waals surface area contributed by atoms with E-state index in [1.54, 1.807) is 0 Å². The maximum atomic E-state index is 10.8. The third-order valence-corrected chi connectivity index (χ3v) is 1.73. The van der Waals surface area contributed by atoms with Crippen LogP contribution in [0.2, 0.25) is 0 Å². The first-order chi connectivity index (χ1) is 5.11. The van der Waals surface area contributed by atoms with Crippen LogP contribution in [0.1, 0.15) is 10.4 Å². The first-order valence-corrected chi connectivity index (χ1v) is 3.81. The molecule has 0 aliphatic carbocycles. The highest BCUT2D eigenvalue weighted by Gasteiger charge is 2.06. The molecule has 1 heterocycles. The lowest BCUT2D eigenvalue weighted by Crippen LogP contribution is -2.17. The SMILES string of the molecule is O=C(O)c1ccc(I)[nH]c1=O. The van der Waals surface area contributed by atoms with Crippen LogP contribution in [0, 0.1) is 3.70 Å². The van der Waals surface area contributed by atoms with E-state index in [2.05, 4.69) is 4.98 Å². The fraction of sp³-hybridized carbons (Fsp3) is 0. The Bertz CT molecular complexity index is 344. The zero-order valence-electron chi connectivity index (χ0n) is 5.30. The number of halogens is 1. The van der Waals surface area contributed by atoms with Crippen LogP contribution < -0.4 is 5.56 Å². The molecule has 11 heavy (non-hydrogen) atoms. The molecule has 0 aliphatic rings. The van der Waals surface area contributed by atoms with E-state index >= 15 is 0 Å². The van der Waals surface area contributed by atoms with Crippen molar-refractivity contribution in [2.45, 2.75) is 0 Å². The van der Waals surface area contributed by atoms with E-state index < -0.39 is 11.5 Å². The number of H-pyrrole nitrogens is 1. The van der Waals surface area contributed by atoms with Crippen LogP contribution in [0.4, 0.5) is 0 Å². The van der Waals surface area contributed by atoms with Crippen molar-refractivity contribution >= 4 is 28.6 Å². The second-order valence-corrected chi connectivity index (χ2v) is 3.02. The molecule has 2 N–H and O–H groups in total. The molecular weight excluding hydrogens is 261 g/mol. The van der Waals surface area contributed by atoms with E-state index in [1.165, 1.54) is 12.1 Å². The number of aromatic amines is 1. The van der Waals surface area contributed by atoms with Gasteiger partial charge in [0.05, 0.1) is 3.70 Å². The van der Waals surface area contributed by atoms with Crippen LogP contribution in [0.5, 0.6) is 0 Å². The Morgan fingerprint density at radius 2 is 2.18 bits per heavy atom. The second kappa shape index (κ2) is 3.04. The van der Waals surface area contributed by atoms with Gasteiger partial charge in [0.2, 0.25) is 0 Å². The highest BCUT2D eigenvalue weighted by atomic mass is 127. The summed E-state index contributed by atoms with van der Waals surface area (Å²) in [7, 11) is 0. The van der Waals surface area contributed by atoms with E-state index in [-0.39, 0.29) is 5.56 Å². The largest absolute Gasteiger partial charge is 0.477 e. The van der Waals surface area contributed by atoms with E-state index in [9.17, 15) is 9.59 Å². The minimum atomic E-state index is -1.21. The number of hydrogen-bond donors (Lipinski definition) is 2. The van der Waals surface area contributed by atoms with Gasteiger partial charge in [-0.15, -0.1) is 0 Å². The molecule has 1 aromatic rings. The quantitative estimate of drug-likeness (QED) is 0.579. The lowest BCUT2D eigenvalue weighted by Gasteiger charge is -1.92. The van der Waals surface area contributed by atoms with Gasteiger partial charge in [0.1, 0.15) is 5.56 Å². The Labute approximate surface area is 75.4 Å². The number of carboxylic acid groups (broad SMARTS) is 1. The molecule has 0 fully saturated rings. The van der Waals surface area contributed by atoms with Gasteiger partial charge in [0.15, 0.2) is 0 Å². The van der Waals surface area contributed by atoms with Crippen LogP contribution in [-0.4, -0.2) is 16.1 Å². The summed E-state index contributed by atoms with van der Waals surface area (Å²) in [4.78, 5) is 23.5. The maximum Gasteiger partial charge on any atom is 0.341 e. The number of carboxylic acids is 1. The highest BCUT2D eigenvalue weighted by molar-refractivity contribution is 14.1. The number of rotatable bonds is 1. The average molecular weight is 265 g/mol. The highest BCUT2D eigenvalue weighted by Crippen LogP contribution is 1.97. The molecule has 58 valence electrons. The lowest BCUT2D eigenvalue weighted by molar-refractivity contribution is 0.0695. The predicted molar refractivity (Wildman–Crippen MR) is 46.7 cm³/mol. The molecule has 4 nitrogen and oxygen atoms in total. The number of carbonyl (C=O) groups is 1. The molecule has 0 aromatic carbocycles. The first-order valence-electron chi connectivity index (χ1n) is 2.73. The topological polar surface area (TPSA) is 70.2 Å². The molecule has 1 rings (SSSR count). The summed E-state index contributed by atoms with van der Waals surface area (Å²) in [6.07, 6.45) is 0. The summed E-state index contributed by atoms with van der Waals surface area (Å²) in [6, 6.07) is 2.81. The maximum absolute atomic E-state index is 10.8. The number of aromatic carboxylic acids is 1. The van der Waals surface area contributed by atoms with Crippen molar-refractivity contribution in [2.24, 2.45) is 0 Å². The van der Waals surface area contributed by atoms with E-state index in [0.29, 0.717) is 3.70 Å². The number of hydrogen-bond acceptors (Lipinski definition) is 2. The van der Waals surface area contributed by atoms with E-state index in [1.807, 2.05) is 22.6 Å². The molecule has 1 aromatic heterocycles. The van der Waals surface area contributed by atoms with Crippen molar-refractivity contribution in [3.8, 4) is 0 Å². The summed E-state index contributed by atoms with van der Waals surface area (Å²) < 4.78 is 0.623. The van der Waals surface area contributed by atoms with Crippen molar-refractivity contribution in [2.75, 3.05) is 0 Å². The fourth-order valence-corrected chi connectivity index (χ4v) is 1.04. The molecule has 0 amide bonds. The lowest BCUT2D eigenvalue weighted by atomic mass is 10.3. The molecule has 0 aliphatic heterocycles. The summed E-state index contributed by atoms with van der Waals surface area (Å²) in [6.45, 7) is 0. The molecular formula is C6H4INO3. The van der Waals surface area contributed by atoms with E-state index in [0.717, 1.165) is 0 Å². The molecule has 5 heteroatoms. The third kappa shape index (κ3) is 1.79. The standard InChI is InChI=1S/C6H4INO3/c7-4-2-1-3(6(10)11)5(9)8-4/h1-2H,(H,8,9)(H,10,11). The van der Waals surface area contributed by atoms with Crippen molar-refractivity contribution in [3.63, 3.8) is 0 Å². The van der Waals surface area contributed by atoms with Crippen LogP contribution in [-0.2, 0) is 0 Å². The van der Waals surface area contributed by atoms with Crippen molar-refractivity contribution in [1.29, 1.82) is 0 Å². The Kier molecular flexibility index (Phi) is 2.28. The minimum absolute atomic E-state index is 0.231. The molecule has 0 spiro atoms. The Hall–Kier alpha value is -0.850. The Balaban J connectivity index is 3.32. The minimum Gasteiger partial charge on any atom is -0.477 e. The number of aromatic nitrogens is 1. The average Bonchev–Trinajstić information content (AvgIpc) is 1.85. The van der Waals surface area contributed by atoms with Gasteiger partial charge in [-0.05, 0) is 34.7 Å². The van der Waals surface area contributed by atoms with Crippen LogP contribution in [0.15, 0.2) is 16.9 Å². The van der Waals surface area contributed by atoms with Crippen molar-refractivity contribution in [3.05, 3.63) is 31.8 Å². The second-order valence-electron chi connectivity index (χ2n) is 1.85. The van der Waals surface area contributed by atoms with Crippen molar-refractivity contribution in [1.82, 2.24) is 4.98 Å². The third-order valence-electron chi connectivity index (χ3n) is 1.10. The molecule has 0 radical (unpaired) electrons. The van der Waals surface area contributed by atoms with Gasteiger partial charge in [-0.25, -0.2) is 4.79 Å². The Morgan fingerprint density at radius 3 is 2.64 bits per heavy atom. The summed E-state index contributed by atoms with van der Waals surface area (Å²) >= 11 is 1.90. The van der Waals surface area contributed by atoms with E-state index in [4.69, 9.17) is 5.11 Å². The van der Waals surface area contributed by atoms with Gasteiger partial charge in [0, 0.05) is 0 Å². The van der Waals surface area contributed by atoms with Gasteiger partial charge >= 0.3 is 5.97 Å². The van der Waals surface area contributed by atoms with Gasteiger partial charge in [-0.1, -0.05) is 0 Å². The summed E-state index contributed by atoms with van der Waals surface area (Å²) in [5.74, 6) is -1.21. The fourth-order valence-electron chi connectivity index (χ4n) is 0.618. The number of pyridine rings is 1. The van der Waals surface area contributed by atoms with Gasteiger partial charge in [-0.2, -0.15) is 0 Å². The Morgan fingerprint density at radius 1 is 1.55 bits per heavy atom. The smallest absolute Gasteiger partial charge is 0.341 e. The van der Waals surface area contributed by atoms with Crippen LogP contribution in [0.3, 0.4) is 0 Å². The van der Waals surface area contributed by atoms with Gasteiger partial charge in [-0.3, -0.25) is 4.79 Å². The van der Waals surface area contributed by atoms with Crippen LogP contribution in [0.25, 0.3) is 0 Å². The first kappa shape index (κ1) is 8.25. The van der Waals surface area contributed by atoms with Gasteiger partial charge < -0.3 is 10.1 Å². The zero-order valence-corrected chi connectivity index (χ0v) is 7.45. The molecule has 0 saturated carbocycles. The van der Waals surface area contributed by atoms with Crippen molar-refractivity contribution < 1.29 is 9.90 Å². The van der Waals surface area contributed by atoms with Crippen LogP contribution >= 0.6 is 22.6 Å². The zero-order chi connectivity index (χ0) is 8.43. The predicted octanol–water partition coefficient (Wildman–Crippen LogP) is 0.678. The van der Waals surface area contributed by atoms with Gasteiger partial charge in [0.25, 0.3) is 5.56 Å². The summed E-state index contributed by atoms with van der Waals surface area (Å²) in [5.41, 5.74) is -0.796. The monoisotopic (exact) mass is 265 g/mol. The number of nitrogens with one attached hydrogen (secondary N) is 1. The molecule has 0 atom stereocenters. The molecule has 0 bridgehead atoms. The molecule has 0 saturated heterocycles. The summed E-state index contributed by atoms with van der Waals surface area (Å²) in [5, 5.41) is 8.43.